The van der Waals surface area contributed by atoms with Crippen LogP contribution < -0.4 is 10.1 Å². The smallest absolute Gasteiger partial charge is 0.244 e. The van der Waals surface area contributed by atoms with Gasteiger partial charge in [0.1, 0.15) is 10.6 Å². The van der Waals surface area contributed by atoms with Crippen molar-refractivity contribution in [3.8, 4) is 5.75 Å². The number of hydrogen-bond donors (Lipinski definition) is 1. The number of amides is 1. The van der Waals surface area contributed by atoms with E-state index in [1.54, 1.807) is 13.2 Å². The first kappa shape index (κ1) is 24.5. The highest BCUT2D eigenvalue weighted by Crippen LogP contribution is 2.29. The molecule has 1 heterocycles. The average molecular weight is 480 g/mol. The number of ether oxygens (including phenoxy) is 1. The first-order chi connectivity index (χ1) is 15.2. The van der Waals surface area contributed by atoms with E-state index in [0.29, 0.717) is 18.8 Å². The molecule has 2 aromatic rings. The number of rotatable bonds is 8. The maximum Gasteiger partial charge on any atom is 0.244 e. The van der Waals surface area contributed by atoms with Crippen LogP contribution in [0, 0.1) is 0 Å². The molecule has 2 aromatic carbocycles. The van der Waals surface area contributed by atoms with E-state index in [1.807, 2.05) is 43.1 Å². The Kier molecular flexibility index (Phi) is 8.16. The van der Waals surface area contributed by atoms with Crippen molar-refractivity contribution >= 4 is 33.2 Å². The lowest BCUT2D eigenvalue weighted by Crippen LogP contribution is -2.36. The van der Waals surface area contributed by atoms with Crippen LogP contribution >= 0.6 is 11.6 Å². The van der Waals surface area contributed by atoms with E-state index in [4.69, 9.17) is 16.3 Å². The minimum absolute atomic E-state index is 0.00640. The second-order valence-electron chi connectivity index (χ2n) is 8.02. The highest BCUT2D eigenvalue weighted by Gasteiger charge is 2.28. The van der Waals surface area contributed by atoms with E-state index in [1.165, 1.54) is 16.4 Å². The Morgan fingerprint density at radius 3 is 2.44 bits per heavy atom. The highest BCUT2D eigenvalue weighted by atomic mass is 35.5. The summed E-state index contributed by atoms with van der Waals surface area (Å²) in [5.41, 5.74) is 1.46. The molecule has 1 N–H and O–H groups in total. The van der Waals surface area contributed by atoms with Crippen molar-refractivity contribution in [2.45, 2.75) is 37.1 Å². The number of likely N-dealkylation sites (N-methyl/N-ethyl adjacent to an activating group) is 1. The SMILES string of the molecule is COc1ccc(C(C)N(C)CC(=O)Nc2ccc(Cl)c(S(=O)(=O)N3CCCCC3)c2)cc1. The van der Waals surface area contributed by atoms with Crippen LogP contribution in [0.25, 0.3) is 0 Å². The molecular weight excluding hydrogens is 450 g/mol. The number of halogens is 1. The number of benzene rings is 2. The van der Waals surface area contributed by atoms with Gasteiger partial charge in [0, 0.05) is 24.8 Å². The predicted molar refractivity (Wildman–Crippen MR) is 127 cm³/mol. The van der Waals surface area contributed by atoms with Crippen LogP contribution in [0.3, 0.4) is 0 Å². The van der Waals surface area contributed by atoms with Crippen molar-refractivity contribution in [3.05, 3.63) is 53.1 Å². The van der Waals surface area contributed by atoms with Crippen molar-refractivity contribution in [2.75, 3.05) is 39.1 Å². The lowest BCUT2D eigenvalue weighted by Gasteiger charge is -2.26. The van der Waals surface area contributed by atoms with E-state index in [-0.39, 0.29) is 28.4 Å². The van der Waals surface area contributed by atoms with Crippen LogP contribution in [0.1, 0.15) is 37.8 Å². The quantitative estimate of drug-likeness (QED) is 0.615. The molecule has 1 aliphatic rings. The molecule has 0 saturated carbocycles. The molecule has 0 aliphatic carbocycles. The van der Waals surface area contributed by atoms with Gasteiger partial charge in [-0.1, -0.05) is 30.2 Å². The van der Waals surface area contributed by atoms with Gasteiger partial charge in [0.25, 0.3) is 0 Å². The molecule has 1 amide bonds. The Balaban J connectivity index is 1.67. The minimum Gasteiger partial charge on any atom is -0.497 e. The number of piperidine rings is 1. The van der Waals surface area contributed by atoms with Crippen molar-refractivity contribution in [2.24, 2.45) is 0 Å². The van der Waals surface area contributed by atoms with Gasteiger partial charge in [-0.25, -0.2) is 8.42 Å². The van der Waals surface area contributed by atoms with Crippen molar-refractivity contribution < 1.29 is 17.9 Å². The molecule has 1 atom stereocenters. The summed E-state index contributed by atoms with van der Waals surface area (Å²) in [5, 5.41) is 2.95. The summed E-state index contributed by atoms with van der Waals surface area (Å²) in [6.45, 7) is 3.14. The first-order valence-corrected chi connectivity index (χ1v) is 12.5. The molecular formula is C23H30ClN3O4S. The summed E-state index contributed by atoms with van der Waals surface area (Å²) in [7, 11) is -0.216. The van der Waals surface area contributed by atoms with Crippen LogP contribution in [0.4, 0.5) is 5.69 Å². The van der Waals surface area contributed by atoms with Crippen molar-refractivity contribution in [1.29, 1.82) is 0 Å². The molecule has 1 saturated heterocycles. The number of carbonyl (C=O) groups excluding carboxylic acids is 1. The van der Waals surface area contributed by atoms with Gasteiger partial charge < -0.3 is 10.1 Å². The number of nitrogens with zero attached hydrogens (tertiary/aromatic N) is 2. The molecule has 3 rings (SSSR count). The average Bonchev–Trinajstić information content (AvgIpc) is 2.80. The van der Waals surface area contributed by atoms with Crippen LogP contribution in [0.15, 0.2) is 47.4 Å². The summed E-state index contributed by atoms with van der Waals surface area (Å²) in [5.74, 6) is 0.538. The van der Waals surface area contributed by atoms with Gasteiger partial charge >= 0.3 is 0 Å². The number of hydrogen-bond acceptors (Lipinski definition) is 5. The molecule has 0 aromatic heterocycles. The van der Waals surface area contributed by atoms with Crippen LogP contribution in [-0.4, -0.2) is 57.3 Å². The number of anilines is 1. The van der Waals surface area contributed by atoms with E-state index in [2.05, 4.69) is 5.32 Å². The summed E-state index contributed by atoms with van der Waals surface area (Å²) < 4.78 is 32.7. The molecule has 1 aliphatic heterocycles. The second kappa shape index (κ2) is 10.7. The molecule has 32 heavy (non-hydrogen) atoms. The third kappa shape index (κ3) is 5.81. The zero-order chi connectivity index (χ0) is 23.3. The van der Waals surface area contributed by atoms with Gasteiger partial charge in [0.2, 0.25) is 15.9 Å². The summed E-state index contributed by atoms with van der Waals surface area (Å²) in [6, 6.07) is 12.3. The highest BCUT2D eigenvalue weighted by molar-refractivity contribution is 7.89. The third-order valence-corrected chi connectivity index (χ3v) is 8.18. The fraction of sp³-hybridized carbons (Fsp3) is 0.435. The summed E-state index contributed by atoms with van der Waals surface area (Å²) >= 11 is 6.22. The molecule has 174 valence electrons. The first-order valence-electron chi connectivity index (χ1n) is 10.7. The maximum atomic E-state index is 13.0. The molecule has 0 spiro atoms. The fourth-order valence-electron chi connectivity index (χ4n) is 3.72. The van der Waals surface area contributed by atoms with Gasteiger partial charge in [0.05, 0.1) is 18.7 Å². The van der Waals surface area contributed by atoms with Gasteiger partial charge in [0.15, 0.2) is 0 Å². The molecule has 9 heteroatoms. The van der Waals surface area contributed by atoms with E-state index >= 15 is 0 Å². The lowest BCUT2D eigenvalue weighted by molar-refractivity contribution is -0.117. The van der Waals surface area contributed by atoms with E-state index < -0.39 is 10.0 Å². The molecule has 1 unspecified atom stereocenters. The molecule has 0 radical (unpaired) electrons. The molecule has 1 fully saturated rings. The zero-order valence-electron chi connectivity index (χ0n) is 18.7. The van der Waals surface area contributed by atoms with Crippen LogP contribution in [0.5, 0.6) is 5.75 Å². The normalized spacial score (nSPS) is 16.0. The molecule has 0 bridgehead atoms. The number of nitrogens with one attached hydrogen (secondary N) is 1. The second-order valence-corrected chi connectivity index (χ2v) is 10.3. The zero-order valence-corrected chi connectivity index (χ0v) is 20.2. The maximum absolute atomic E-state index is 13.0. The predicted octanol–water partition coefficient (Wildman–Crippen LogP) is 4.15. The Labute approximate surface area is 195 Å². The largest absolute Gasteiger partial charge is 0.497 e. The third-order valence-electron chi connectivity index (χ3n) is 5.80. The van der Waals surface area contributed by atoms with Gasteiger partial charge in [-0.2, -0.15) is 4.31 Å². The Bertz CT molecular complexity index is 1040. The number of carbonyl (C=O) groups is 1. The van der Waals surface area contributed by atoms with Crippen molar-refractivity contribution in [3.63, 3.8) is 0 Å². The van der Waals surface area contributed by atoms with E-state index in [0.717, 1.165) is 30.6 Å². The van der Waals surface area contributed by atoms with Gasteiger partial charge in [-0.15, -0.1) is 0 Å². The number of methoxy groups -OCH3 is 1. The summed E-state index contributed by atoms with van der Waals surface area (Å²) in [4.78, 5) is 14.6. The van der Waals surface area contributed by atoms with E-state index in [9.17, 15) is 13.2 Å². The lowest BCUT2D eigenvalue weighted by atomic mass is 10.1. The van der Waals surface area contributed by atoms with Gasteiger partial charge in [-0.3, -0.25) is 9.69 Å². The standard InChI is InChI=1S/C23H30ClN3O4S/c1-17(18-7-10-20(31-3)11-8-18)26(2)16-23(28)25-19-9-12-21(24)22(15-19)32(29,30)27-13-5-4-6-14-27/h7-12,15,17H,4-6,13-14,16H2,1-3H3,(H,25,28). The Hall–Kier alpha value is -2.13. The van der Waals surface area contributed by atoms with Crippen molar-refractivity contribution in [1.82, 2.24) is 9.21 Å². The summed E-state index contributed by atoms with van der Waals surface area (Å²) in [6.07, 6.45) is 2.70. The minimum atomic E-state index is -3.70. The van der Waals surface area contributed by atoms with Gasteiger partial charge in [-0.05, 0) is 62.7 Å². The topological polar surface area (TPSA) is 79.0 Å². The van der Waals surface area contributed by atoms with Crippen LogP contribution in [-0.2, 0) is 14.8 Å². The Morgan fingerprint density at radius 2 is 1.81 bits per heavy atom. The monoisotopic (exact) mass is 479 g/mol. The Morgan fingerprint density at radius 1 is 1.16 bits per heavy atom. The van der Waals surface area contributed by atoms with Crippen LogP contribution in [0.2, 0.25) is 5.02 Å². The fourth-order valence-corrected chi connectivity index (χ4v) is 5.74. The number of sulfonamides is 1. The molecule has 7 nitrogen and oxygen atoms in total.